The zero-order valence-electron chi connectivity index (χ0n) is 18.4. The summed E-state index contributed by atoms with van der Waals surface area (Å²) in [5.74, 6) is 2.53. The molecule has 0 aliphatic rings. The second kappa shape index (κ2) is 10.9. The van der Waals surface area contributed by atoms with Crippen LogP contribution < -0.4 is 24.8 Å². The number of methoxy groups -OCH3 is 3. The minimum absolute atomic E-state index is 0.556. The molecule has 0 saturated heterocycles. The number of nitrogens with zero attached hydrogens (tertiary/aromatic N) is 3. The number of aromatic nitrogens is 2. The van der Waals surface area contributed by atoms with Gasteiger partial charge >= 0.3 is 0 Å². The number of ether oxygens (including phenoxy) is 3. The van der Waals surface area contributed by atoms with Crippen LogP contribution in [0.3, 0.4) is 0 Å². The second-order valence-electron chi connectivity index (χ2n) is 6.86. The van der Waals surface area contributed by atoms with Gasteiger partial charge in [-0.2, -0.15) is 0 Å². The van der Waals surface area contributed by atoms with Gasteiger partial charge in [0, 0.05) is 39.1 Å². The average Bonchev–Trinajstić information content (AvgIpc) is 3.32. The number of rotatable bonds is 9. The van der Waals surface area contributed by atoms with E-state index < -0.39 is 0 Å². The lowest BCUT2D eigenvalue weighted by Gasteiger charge is -2.16. The van der Waals surface area contributed by atoms with Crippen LogP contribution in [0.2, 0.25) is 0 Å². The van der Waals surface area contributed by atoms with Crippen molar-refractivity contribution in [2.45, 2.75) is 19.6 Å². The first-order valence-electron chi connectivity index (χ1n) is 9.93. The molecule has 0 atom stereocenters. The first-order chi connectivity index (χ1) is 15.2. The number of guanidine groups is 1. The van der Waals surface area contributed by atoms with Crippen molar-refractivity contribution in [1.82, 2.24) is 20.2 Å². The highest BCUT2D eigenvalue weighted by molar-refractivity contribution is 5.79. The number of aliphatic imine (C=N–C) groups is 1. The molecule has 2 aromatic carbocycles. The molecule has 8 heteroatoms. The molecule has 2 N–H and O–H groups in total. The molecule has 8 nitrogen and oxygen atoms in total. The quantitative estimate of drug-likeness (QED) is 0.407. The first-order valence-corrected chi connectivity index (χ1v) is 9.93. The highest BCUT2D eigenvalue weighted by atomic mass is 16.5. The number of nitrogens with one attached hydrogen (secondary N) is 2. The fourth-order valence-electron chi connectivity index (χ4n) is 3.18. The number of hydrogen-bond donors (Lipinski definition) is 2. The van der Waals surface area contributed by atoms with E-state index in [0.717, 1.165) is 12.1 Å². The Balaban J connectivity index is 1.55. The van der Waals surface area contributed by atoms with Gasteiger partial charge in [-0.3, -0.25) is 4.99 Å². The van der Waals surface area contributed by atoms with Crippen LogP contribution in [0.15, 0.2) is 60.1 Å². The van der Waals surface area contributed by atoms with Crippen LogP contribution in [-0.4, -0.2) is 43.9 Å². The number of hydrogen-bond acceptors (Lipinski definition) is 5. The van der Waals surface area contributed by atoms with Crippen LogP contribution in [0.1, 0.15) is 16.7 Å². The molecule has 1 aromatic heterocycles. The highest BCUT2D eigenvalue weighted by Crippen LogP contribution is 2.38. The summed E-state index contributed by atoms with van der Waals surface area (Å²) in [4.78, 5) is 8.38. The normalized spacial score (nSPS) is 11.2. The largest absolute Gasteiger partial charge is 0.493 e. The Morgan fingerprint density at radius 1 is 0.903 bits per heavy atom. The van der Waals surface area contributed by atoms with Gasteiger partial charge in [-0.1, -0.05) is 24.3 Å². The Morgan fingerprint density at radius 3 is 2.03 bits per heavy atom. The van der Waals surface area contributed by atoms with E-state index in [-0.39, 0.29) is 0 Å². The molecule has 164 valence electrons. The third-order valence-corrected chi connectivity index (χ3v) is 4.82. The maximum absolute atomic E-state index is 5.42. The summed E-state index contributed by atoms with van der Waals surface area (Å²) >= 11 is 0. The first kappa shape index (κ1) is 22.0. The van der Waals surface area contributed by atoms with E-state index in [1.54, 1.807) is 34.6 Å². The summed E-state index contributed by atoms with van der Waals surface area (Å²) in [6.45, 7) is 2.03. The predicted molar refractivity (Wildman–Crippen MR) is 121 cm³/mol. The maximum atomic E-state index is 5.42. The molecule has 0 saturated carbocycles. The molecule has 0 aliphatic heterocycles. The van der Waals surface area contributed by atoms with Crippen LogP contribution in [0.5, 0.6) is 17.2 Å². The fourth-order valence-corrected chi connectivity index (χ4v) is 3.18. The van der Waals surface area contributed by atoms with Gasteiger partial charge < -0.3 is 29.4 Å². The van der Waals surface area contributed by atoms with Crippen molar-refractivity contribution in [2.24, 2.45) is 4.99 Å². The summed E-state index contributed by atoms with van der Waals surface area (Å²) in [5, 5.41) is 6.65. The Kier molecular flexibility index (Phi) is 7.75. The molecule has 0 fully saturated rings. The van der Waals surface area contributed by atoms with Crippen molar-refractivity contribution >= 4 is 5.96 Å². The van der Waals surface area contributed by atoms with Crippen molar-refractivity contribution in [3.05, 3.63) is 71.8 Å². The summed E-state index contributed by atoms with van der Waals surface area (Å²) in [5.41, 5.74) is 3.39. The summed E-state index contributed by atoms with van der Waals surface area (Å²) in [6, 6.07) is 12.3. The SMILES string of the molecule is CN=C(NCc1ccc(Cn2ccnc2)cc1)NCc1cc(OC)c(OC)c(OC)c1. The predicted octanol–water partition coefficient (Wildman–Crippen LogP) is 2.82. The van der Waals surface area contributed by atoms with Crippen molar-refractivity contribution in [1.29, 1.82) is 0 Å². The van der Waals surface area contributed by atoms with E-state index >= 15 is 0 Å². The molecule has 0 radical (unpaired) electrons. The number of imidazole rings is 1. The molecule has 0 spiro atoms. The van der Waals surface area contributed by atoms with E-state index in [0.29, 0.717) is 36.3 Å². The molecule has 31 heavy (non-hydrogen) atoms. The lowest BCUT2D eigenvalue weighted by atomic mass is 10.1. The lowest BCUT2D eigenvalue weighted by Crippen LogP contribution is -2.36. The average molecular weight is 424 g/mol. The molecule has 3 aromatic rings. The molecule has 0 bridgehead atoms. The smallest absolute Gasteiger partial charge is 0.203 e. The van der Waals surface area contributed by atoms with Gasteiger partial charge in [-0.15, -0.1) is 0 Å². The summed E-state index contributed by atoms with van der Waals surface area (Å²) in [6.07, 6.45) is 5.56. The van der Waals surface area contributed by atoms with Gasteiger partial charge in [-0.05, 0) is 28.8 Å². The Bertz CT molecular complexity index is 960. The standard InChI is InChI=1S/C23H29N5O3/c1-24-23(27-14-19-11-20(29-2)22(31-4)21(12-19)30-3)26-13-17-5-7-18(8-6-17)15-28-10-9-25-16-28/h5-12,16H,13-15H2,1-4H3,(H2,24,26,27). The monoisotopic (exact) mass is 423 g/mol. The van der Waals surface area contributed by atoms with Crippen molar-refractivity contribution in [3.63, 3.8) is 0 Å². The summed E-state index contributed by atoms with van der Waals surface area (Å²) < 4.78 is 18.3. The topological polar surface area (TPSA) is 81.9 Å². The molecule has 0 amide bonds. The zero-order valence-corrected chi connectivity index (χ0v) is 18.4. The Labute approximate surface area is 182 Å². The molecule has 0 unspecified atom stereocenters. The Morgan fingerprint density at radius 2 is 1.52 bits per heavy atom. The third-order valence-electron chi connectivity index (χ3n) is 4.82. The summed E-state index contributed by atoms with van der Waals surface area (Å²) in [7, 11) is 6.55. The molecule has 0 aliphatic carbocycles. The van der Waals surface area contributed by atoms with E-state index in [2.05, 4.69) is 44.9 Å². The highest BCUT2D eigenvalue weighted by Gasteiger charge is 2.13. The van der Waals surface area contributed by atoms with Crippen molar-refractivity contribution in [2.75, 3.05) is 28.4 Å². The van der Waals surface area contributed by atoms with Crippen LogP contribution in [0.4, 0.5) is 0 Å². The van der Waals surface area contributed by atoms with Crippen LogP contribution in [0.25, 0.3) is 0 Å². The van der Waals surface area contributed by atoms with E-state index in [4.69, 9.17) is 14.2 Å². The lowest BCUT2D eigenvalue weighted by molar-refractivity contribution is 0.323. The van der Waals surface area contributed by atoms with Gasteiger partial charge in [0.1, 0.15) is 0 Å². The second-order valence-corrected chi connectivity index (χ2v) is 6.86. The van der Waals surface area contributed by atoms with E-state index in [9.17, 15) is 0 Å². The maximum Gasteiger partial charge on any atom is 0.203 e. The van der Waals surface area contributed by atoms with Gasteiger partial charge in [0.2, 0.25) is 5.75 Å². The van der Waals surface area contributed by atoms with Gasteiger partial charge in [-0.25, -0.2) is 4.98 Å². The van der Waals surface area contributed by atoms with E-state index in [1.807, 2.05) is 29.2 Å². The van der Waals surface area contributed by atoms with Gasteiger partial charge in [0.05, 0.1) is 27.7 Å². The van der Waals surface area contributed by atoms with Crippen LogP contribution in [0, 0.1) is 0 Å². The molecular weight excluding hydrogens is 394 g/mol. The minimum Gasteiger partial charge on any atom is -0.493 e. The molecule has 1 heterocycles. The van der Waals surface area contributed by atoms with Gasteiger partial charge in [0.25, 0.3) is 0 Å². The van der Waals surface area contributed by atoms with Gasteiger partial charge in [0.15, 0.2) is 17.5 Å². The van der Waals surface area contributed by atoms with Crippen LogP contribution >= 0.6 is 0 Å². The minimum atomic E-state index is 0.556. The van der Waals surface area contributed by atoms with Crippen molar-refractivity contribution < 1.29 is 14.2 Å². The zero-order chi connectivity index (χ0) is 22.1. The fraction of sp³-hybridized carbons (Fsp3) is 0.304. The molecule has 3 rings (SSSR count). The van der Waals surface area contributed by atoms with E-state index in [1.165, 1.54) is 11.1 Å². The number of benzene rings is 2. The van der Waals surface area contributed by atoms with Crippen LogP contribution in [-0.2, 0) is 19.6 Å². The molecular formula is C23H29N5O3. The third kappa shape index (κ3) is 5.91. The van der Waals surface area contributed by atoms with Crippen molar-refractivity contribution in [3.8, 4) is 17.2 Å². The Hall–Kier alpha value is -3.68.